The number of urea groups is 1. The highest BCUT2D eigenvalue weighted by atomic mass is 32.1. The molecule has 1 aromatic heterocycles. The van der Waals surface area contributed by atoms with Crippen molar-refractivity contribution in [3.8, 4) is 0 Å². The largest absolute Gasteiger partial charge is 0.480 e. The smallest absolute Gasteiger partial charge is 0.326 e. The van der Waals surface area contributed by atoms with Crippen molar-refractivity contribution in [1.82, 2.24) is 15.1 Å². The van der Waals surface area contributed by atoms with Gasteiger partial charge in [-0.3, -0.25) is 5.32 Å². The Hall–Kier alpha value is -1.74. The number of aliphatic hydroxyl groups is 1. The molecular formula is C12H18N4O4S. The molecule has 2 amide bonds. The number of amides is 2. The van der Waals surface area contributed by atoms with E-state index in [1.807, 2.05) is 0 Å². The predicted octanol–water partition coefficient (Wildman–Crippen LogP) is 0.788. The van der Waals surface area contributed by atoms with Crippen LogP contribution in [0.1, 0.15) is 25.3 Å². The first-order valence-electron chi connectivity index (χ1n) is 6.67. The van der Waals surface area contributed by atoms with Crippen molar-refractivity contribution in [3.63, 3.8) is 0 Å². The Morgan fingerprint density at radius 2 is 2.19 bits per heavy atom. The van der Waals surface area contributed by atoms with Gasteiger partial charge in [0.15, 0.2) is 0 Å². The number of carboxylic acid groups (broad SMARTS) is 1. The summed E-state index contributed by atoms with van der Waals surface area (Å²) in [6.07, 6.45) is -0.00618. The van der Waals surface area contributed by atoms with Gasteiger partial charge in [0.1, 0.15) is 11.0 Å². The monoisotopic (exact) mass is 314 g/mol. The van der Waals surface area contributed by atoms with Gasteiger partial charge in [-0.1, -0.05) is 25.2 Å². The lowest BCUT2D eigenvalue weighted by atomic mass is 10.1. The van der Waals surface area contributed by atoms with Crippen LogP contribution in [-0.2, 0) is 11.2 Å². The Morgan fingerprint density at radius 1 is 1.48 bits per heavy atom. The molecule has 1 aliphatic heterocycles. The average molecular weight is 314 g/mol. The van der Waals surface area contributed by atoms with Crippen LogP contribution in [0.4, 0.5) is 9.93 Å². The third-order valence-corrected chi connectivity index (χ3v) is 3.95. The molecule has 0 radical (unpaired) electrons. The SMILES string of the molecule is CC(C)Cc1nnc(NC(=O)N2C[C@@H](O)C[C@H]2C(=O)O)s1. The lowest BCUT2D eigenvalue weighted by Gasteiger charge is -2.20. The van der Waals surface area contributed by atoms with Gasteiger partial charge in [0, 0.05) is 19.4 Å². The van der Waals surface area contributed by atoms with Gasteiger partial charge in [-0.05, 0) is 5.92 Å². The van der Waals surface area contributed by atoms with Crippen molar-refractivity contribution in [2.45, 2.75) is 38.8 Å². The number of hydrogen-bond donors (Lipinski definition) is 3. The van der Waals surface area contributed by atoms with E-state index in [-0.39, 0.29) is 13.0 Å². The number of carbonyl (C=O) groups excluding carboxylic acids is 1. The van der Waals surface area contributed by atoms with E-state index in [1.165, 1.54) is 11.3 Å². The fraction of sp³-hybridized carbons (Fsp3) is 0.667. The summed E-state index contributed by atoms with van der Waals surface area (Å²) in [6, 6.07) is -1.59. The highest BCUT2D eigenvalue weighted by molar-refractivity contribution is 7.15. The maximum absolute atomic E-state index is 12.1. The van der Waals surface area contributed by atoms with Crippen LogP contribution >= 0.6 is 11.3 Å². The molecule has 1 aliphatic rings. The van der Waals surface area contributed by atoms with Crippen LogP contribution in [0.5, 0.6) is 0 Å². The predicted molar refractivity (Wildman–Crippen MR) is 76.2 cm³/mol. The number of nitrogens with zero attached hydrogens (tertiary/aromatic N) is 3. The summed E-state index contributed by atoms with van der Waals surface area (Å²) in [5.74, 6) is -0.689. The molecule has 9 heteroatoms. The van der Waals surface area contributed by atoms with E-state index in [9.17, 15) is 14.7 Å². The minimum absolute atomic E-state index is 0.000451. The summed E-state index contributed by atoms with van der Waals surface area (Å²) >= 11 is 1.27. The molecule has 2 atom stereocenters. The van der Waals surface area contributed by atoms with Gasteiger partial charge < -0.3 is 15.1 Å². The van der Waals surface area contributed by atoms with Crippen LogP contribution in [0.25, 0.3) is 0 Å². The average Bonchev–Trinajstić information content (AvgIpc) is 2.95. The second kappa shape index (κ2) is 6.35. The van der Waals surface area contributed by atoms with E-state index in [0.29, 0.717) is 11.0 Å². The second-order valence-corrected chi connectivity index (χ2v) is 6.49. The van der Waals surface area contributed by atoms with Gasteiger partial charge in [0.2, 0.25) is 5.13 Å². The number of aliphatic hydroxyl groups excluding tert-OH is 1. The highest BCUT2D eigenvalue weighted by Gasteiger charge is 2.39. The molecule has 0 unspecified atom stereocenters. The minimum atomic E-state index is -1.13. The van der Waals surface area contributed by atoms with Gasteiger partial charge in [0.25, 0.3) is 0 Å². The molecule has 0 bridgehead atoms. The number of β-amino-alcohol motifs (C(OH)–C–C–N with tert-alkyl or cyclic N) is 1. The van der Waals surface area contributed by atoms with E-state index in [1.54, 1.807) is 0 Å². The molecule has 1 fully saturated rings. The van der Waals surface area contributed by atoms with E-state index in [4.69, 9.17) is 5.11 Å². The lowest BCUT2D eigenvalue weighted by molar-refractivity contribution is -0.141. The van der Waals surface area contributed by atoms with Gasteiger partial charge in [-0.25, -0.2) is 9.59 Å². The molecule has 2 rings (SSSR count). The lowest BCUT2D eigenvalue weighted by Crippen LogP contribution is -2.43. The Bertz CT molecular complexity index is 533. The molecule has 0 aromatic carbocycles. The molecule has 8 nitrogen and oxygen atoms in total. The first-order chi connectivity index (χ1) is 9.86. The van der Waals surface area contributed by atoms with Crippen molar-refractivity contribution in [2.24, 2.45) is 5.92 Å². The third-order valence-electron chi connectivity index (χ3n) is 3.09. The number of carbonyl (C=O) groups is 2. The number of hydrogen-bond acceptors (Lipinski definition) is 6. The van der Waals surface area contributed by atoms with Crippen molar-refractivity contribution in [2.75, 3.05) is 11.9 Å². The molecular weight excluding hydrogens is 296 g/mol. The van der Waals surface area contributed by atoms with E-state index in [0.717, 1.165) is 16.3 Å². The van der Waals surface area contributed by atoms with E-state index >= 15 is 0 Å². The second-order valence-electron chi connectivity index (χ2n) is 5.42. The zero-order chi connectivity index (χ0) is 15.6. The summed E-state index contributed by atoms with van der Waals surface area (Å²) in [4.78, 5) is 24.3. The molecule has 116 valence electrons. The molecule has 2 heterocycles. The van der Waals surface area contributed by atoms with Crippen molar-refractivity contribution < 1.29 is 19.8 Å². The van der Waals surface area contributed by atoms with Gasteiger partial charge >= 0.3 is 12.0 Å². The third kappa shape index (κ3) is 3.88. The normalized spacial score (nSPS) is 21.8. The Balaban J connectivity index is 2.00. The molecule has 0 spiro atoms. The molecule has 1 aromatic rings. The number of carboxylic acids is 1. The fourth-order valence-electron chi connectivity index (χ4n) is 2.17. The van der Waals surface area contributed by atoms with Crippen LogP contribution < -0.4 is 5.32 Å². The van der Waals surface area contributed by atoms with Crippen LogP contribution in [0.2, 0.25) is 0 Å². The van der Waals surface area contributed by atoms with Gasteiger partial charge in [-0.2, -0.15) is 0 Å². The molecule has 21 heavy (non-hydrogen) atoms. The standard InChI is InChI=1S/C12H18N4O4S/c1-6(2)3-9-14-15-11(21-9)13-12(20)16-5-7(17)4-8(16)10(18)19/h6-8,17H,3-5H2,1-2H3,(H,18,19)(H,13,15,20)/t7-,8-/m0/s1. The zero-order valence-corrected chi connectivity index (χ0v) is 12.6. The molecule has 0 aliphatic carbocycles. The summed E-state index contributed by atoms with van der Waals surface area (Å²) in [6.45, 7) is 4.12. The van der Waals surface area contributed by atoms with E-state index < -0.39 is 24.1 Å². The summed E-state index contributed by atoms with van der Waals surface area (Å²) in [7, 11) is 0. The Kier molecular flexibility index (Phi) is 4.73. The minimum Gasteiger partial charge on any atom is -0.480 e. The summed E-state index contributed by atoms with van der Waals surface area (Å²) in [5.41, 5.74) is 0. The van der Waals surface area contributed by atoms with Crippen LogP contribution in [0.3, 0.4) is 0 Å². The van der Waals surface area contributed by atoms with Gasteiger partial charge in [-0.15, -0.1) is 10.2 Å². The van der Waals surface area contributed by atoms with Crippen molar-refractivity contribution in [3.05, 3.63) is 5.01 Å². The number of likely N-dealkylation sites (tertiary alicyclic amines) is 1. The summed E-state index contributed by atoms with van der Waals surface area (Å²) in [5, 5.41) is 30.1. The molecule has 0 saturated carbocycles. The Morgan fingerprint density at radius 3 is 2.81 bits per heavy atom. The maximum Gasteiger partial charge on any atom is 0.326 e. The maximum atomic E-state index is 12.1. The zero-order valence-electron chi connectivity index (χ0n) is 11.8. The van der Waals surface area contributed by atoms with Crippen LogP contribution in [0.15, 0.2) is 0 Å². The highest BCUT2D eigenvalue weighted by Crippen LogP contribution is 2.22. The molecule has 1 saturated heterocycles. The first kappa shape index (κ1) is 15.6. The first-order valence-corrected chi connectivity index (χ1v) is 7.49. The van der Waals surface area contributed by atoms with Crippen LogP contribution in [-0.4, -0.2) is 56.0 Å². The van der Waals surface area contributed by atoms with Crippen molar-refractivity contribution >= 4 is 28.5 Å². The summed E-state index contributed by atoms with van der Waals surface area (Å²) < 4.78 is 0. The topological polar surface area (TPSA) is 116 Å². The number of nitrogens with one attached hydrogen (secondary N) is 1. The number of aliphatic carboxylic acids is 1. The number of anilines is 1. The number of rotatable bonds is 4. The van der Waals surface area contributed by atoms with E-state index in [2.05, 4.69) is 29.4 Å². The van der Waals surface area contributed by atoms with Gasteiger partial charge in [0.05, 0.1) is 6.10 Å². The van der Waals surface area contributed by atoms with Crippen molar-refractivity contribution in [1.29, 1.82) is 0 Å². The van der Waals surface area contributed by atoms with Crippen LogP contribution in [0, 0.1) is 5.92 Å². The molecule has 3 N–H and O–H groups in total. The number of aromatic nitrogens is 2. The Labute approximate surface area is 125 Å². The fourth-order valence-corrected chi connectivity index (χ4v) is 3.11. The quantitative estimate of drug-likeness (QED) is 0.756.